The largest absolute Gasteiger partial charge is 0.461 e. The van der Waals surface area contributed by atoms with E-state index in [1.807, 2.05) is 30.3 Å². The lowest BCUT2D eigenvalue weighted by molar-refractivity contribution is -0.146. The maximum atomic E-state index is 11.0. The van der Waals surface area contributed by atoms with Crippen LogP contribution in [0.1, 0.15) is 12.0 Å². The molecule has 0 bridgehead atoms. The average molecular weight is 195 g/mol. The second-order valence-corrected chi connectivity index (χ2v) is 2.77. The third-order valence-electron chi connectivity index (χ3n) is 1.67. The minimum absolute atomic E-state index is 0.184. The molecular weight excluding hydrogens is 182 g/mol. The summed E-state index contributed by atoms with van der Waals surface area (Å²) in [5, 5.41) is 0. The van der Waals surface area contributed by atoms with Gasteiger partial charge >= 0.3 is 5.97 Å². The summed E-state index contributed by atoms with van der Waals surface area (Å²) in [6.45, 7) is 0.484. The van der Waals surface area contributed by atoms with Gasteiger partial charge in [0.25, 0.3) is 0 Å². The average Bonchev–Trinajstić information content (AvgIpc) is 2.25. The molecule has 0 aliphatic heterocycles. The SMILES string of the molecule is NOCCC(=O)OCc1ccccc1. The predicted octanol–water partition coefficient (Wildman–Crippen LogP) is 1.01. The van der Waals surface area contributed by atoms with Crippen LogP contribution in [-0.4, -0.2) is 12.6 Å². The van der Waals surface area contributed by atoms with Crippen molar-refractivity contribution in [1.29, 1.82) is 0 Å². The van der Waals surface area contributed by atoms with E-state index in [0.29, 0.717) is 6.61 Å². The summed E-state index contributed by atoms with van der Waals surface area (Å²) < 4.78 is 4.96. The molecule has 0 saturated carbocycles. The first-order valence-corrected chi connectivity index (χ1v) is 4.34. The molecule has 14 heavy (non-hydrogen) atoms. The lowest BCUT2D eigenvalue weighted by atomic mass is 10.2. The van der Waals surface area contributed by atoms with Crippen LogP contribution >= 0.6 is 0 Å². The van der Waals surface area contributed by atoms with Gasteiger partial charge in [0.2, 0.25) is 0 Å². The summed E-state index contributed by atoms with van der Waals surface area (Å²) in [6, 6.07) is 9.49. The Morgan fingerprint density at radius 3 is 2.64 bits per heavy atom. The van der Waals surface area contributed by atoms with Crippen LogP contribution in [0.15, 0.2) is 30.3 Å². The van der Waals surface area contributed by atoms with Gasteiger partial charge in [0.1, 0.15) is 6.61 Å². The smallest absolute Gasteiger partial charge is 0.308 e. The number of hydrogen-bond donors (Lipinski definition) is 1. The molecular formula is C10H13NO3. The van der Waals surface area contributed by atoms with Crippen LogP contribution in [0.25, 0.3) is 0 Å². The zero-order valence-corrected chi connectivity index (χ0v) is 7.81. The van der Waals surface area contributed by atoms with Crippen molar-refractivity contribution in [2.75, 3.05) is 6.61 Å². The highest BCUT2D eigenvalue weighted by Crippen LogP contribution is 2.01. The van der Waals surface area contributed by atoms with Crippen molar-refractivity contribution >= 4 is 5.97 Å². The maximum absolute atomic E-state index is 11.0. The Morgan fingerprint density at radius 2 is 2.00 bits per heavy atom. The lowest BCUT2D eigenvalue weighted by Crippen LogP contribution is -2.10. The normalized spacial score (nSPS) is 9.79. The molecule has 0 heterocycles. The van der Waals surface area contributed by atoms with Gasteiger partial charge in [-0.1, -0.05) is 30.3 Å². The summed E-state index contributed by atoms with van der Waals surface area (Å²) in [6.07, 6.45) is 0.184. The van der Waals surface area contributed by atoms with E-state index in [4.69, 9.17) is 10.6 Å². The Kier molecular flexibility index (Phi) is 4.68. The van der Waals surface area contributed by atoms with E-state index < -0.39 is 0 Å². The van der Waals surface area contributed by atoms with E-state index in [1.165, 1.54) is 0 Å². The first kappa shape index (κ1) is 10.7. The molecule has 4 nitrogen and oxygen atoms in total. The highest BCUT2D eigenvalue weighted by atomic mass is 16.6. The fourth-order valence-electron chi connectivity index (χ4n) is 0.952. The Labute approximate surface area is 82.6 Å². The van der Waals surface area contributed by atoms with Gasteiger partial charge in [-0.15, -0.1) is 0 Å². The molecule has 0 spiro atoms. The van der Waals surface area contributed by atoms with E-state index in [-0.39, 0.29) is 19.0 Å². The lowest BCUT2D eigenvalue weighted by Gasteiger charge is -2.03. The van der Waals surface area contributed by atoms with Gasteiger partial charge in [0, 0.05) is 0 Å². The molecule has 0 aliphatic rings. The fraction of sp³-hybridized carbons (Fsp3) is 0.300. The molecule has 0 fully saturated rings. The van der Waals surface area contributed by atoms with E-state index in [1.54, 1.807) is 0 Å². The van der Waals surface area contributed by atoms with Crippen LogP contribution in [0.5, 0.6) is 0 Å². The van der Waals surface area contributed by atoms with Crippen LogP contribution in [0.2, 0.25) is 0 Å². The summed E-state index contributed by atoms with van der Waals surface area (Å²) >= 11 is 0. The van der Waals surface area contributed by atoms with Gasteiger partial charge in [-0.05, 0) is 5.56 Å². The first-order valence-electron chi connectivity index (χ1n) is 4.34. The minimum atomic E-state index is -0.306. The number of esters is 1. The number of rotatable bonds is 5. The van der Waals surface area contributed by atoms with Gasteiger partial charge in [-0.2, -0.15) is 0 Å². The van der Waals surface area contributed by atoms with Crippen LogP contribution in [0.4, 0.5) is 0 Å². The molecule has 0 aromatic heterocycles. The van der Waals surface area contributed by atoms with E-state index >= 15 is 0 Å². The molecule has 4 heteroatoms. The van der Waals surface area contributed by atoms with E-state index in [9.17, 15) is 4.79 Å². The van der Waals surface area contributed by atoms with Crippen molar-refractivity contribution in [3.63, 3.8) is 0 Å². The molecule has 1 aromatic carbocycles. The van der Waals surface area contributed by atoms with Gasteiger partial charge < -0.3 is 9.57 Å². The number of carbonyl (C=O) groups excluding carboxylic acids is 1. The summed E-state index contributed by atoms with van der Waals surface area (Å²) in [4.78, 5) is 15.3. The number of benzene rings is 1. The number of ether oxygens (including phenoxy) is 1. The van der Waals surface area contributed by atoms with Crippen molar-refractivity contribution in [1.82, 2.24) is 0 Å². The Bertz CT molecular complexity index is 274. The van der Waals surface area contributed by atoms with Crippen molar-refractivity contribution in [3.8, 4) is 0 Å². The van der Waals surface area contributed by atoms with E-state index in [2.05, 4.69) is 4.84 Å². The van der Waals surface area contributed by atoms with Crippen molar-refractivity contribution < 1.29 is 14.4 Å². The zero-order chi connectivity index (χ0) is 10.2. The first-order chi connectivity index (χ1) is 6.83. The molecule has 0 saturated heterocycles. The standard InChI is InChI=1S/C10H13NO3/c11-14-7-6-10(12)13-8-9-4-2-1-3-5-9/h1-5H,6-8,11H2. The summed E-state index contributed by atoms with van der Waals surface area (Å²) in [7, 11) is 0. The Balaban J connectivity index is 2.24. The van der Waals surface area contributed by atoms with Gasteiger partial charge in [0.05, 0.1) is 13.0 Å². The van der Waals surface area contributed by atoms with Crippen molar-refractivity contribution in [3.05, 3.63) is 35.9 Å². The molecule has 76 valence electrons. The molecule has 1 rings (SSSR count). The Morgan fingerprint density at radius 1 is 1.29 bits per heavy atom. The zero-order valence-electron chi connectivity index (χ0n) is 7.81. The minimum Gasteiger partial charge on any atom is -0.461 e. The van der Waals surface area contributed by atoms with Crippen LogP contribution in [0, 0.1) is 0 Å². The van der Waals surface area contributed by atoms with Crippen LogP contribution in [0.3, 0.4) is 0 Å². The topological polar surface area (TPSA) is 61.5 Å². The second kappa shape index (κ2) is 6.12. The van der Waals surface area contributed by atoms with Crippen molar-refractivity contribution in [2.45, 2.75) is 13.0 Å². The molecule has 0 atom stereocenters. The third-order valence-corrected chi connectivity index (χ3v) is 1.67. The van der Waals surface area contributed by atoms with Crippen LogP contribution < -0.4 is 5.90 Å². The maximum Gasteiger partial charge on any atom is 0.308 e. The molecule has 0 radical (unpaired) electrons. The fourth-order valence-corrected chi connectivity index (χ4v) is 0.952. The number of nitrogens with two attached hydrogens (primary N) is 1. The third kappa shape index (κ3) is 4.02. The quantitative estimate of drug-likeness (QED) is 0.562. The number of carbonyl (C=O) groups is 1. The Hall–Kier alpha value is -1.39. The molecule has 0 aliphatic carbocycles. The van der Waals surface area contributed by atoms with Gasteiger partial charge in [-0.25, -0.2) is 5.90 Å². The predicted molar refractivity (Wildman–Crippen MR) is 51.0 cm³/mol. The number of hydrogen-bond acceptors (Lipinski definition) is 4. The van der Waals surface area contributed by atoms with Crippen molar-refractivity contribution in [2.24, 2.45) is 5.90 Å². The molecule has 0 amide bonds. The monoisotopic (exact) mass is 195 g/mol. The van der Waals surface area contributed by atoms with Gasteiger partial charge in [-0.3, -0.25) is 4.79 Å². The molecule has 1 aromatic rings. The molecule has 0 unspecified atom stereocenters. The summed E-state index contributed by atoms with van der Waals surface area (Å²) in [5.74, 6) is 4.47. The van der Waals surface area contributed by atoms with Gasteiger partial charge in [0.15, 0.2) is 0 Å². The highest BCUT2D eigenvalue weighted by molar-refractivity contribution is 5.69. The van der Waals surface area contributed by atoms with E-state index in [0.717, 1.165) is 5.56 Å². The van der Waals surface area contributed by atoms with Crippen LogP contribution in [-0.2, 0) is 21.0 Å². The highest BCUT2D eigenvalue weighted by Gasteiger charge is 2.02. The summed E-state index contributed by atoms with van der Waals surface area (Å²) in [5.41, 5.74) is 0.967. The molecule has 2 N–H and O–H groups in total. The second-order valence-electron chi connectivity index (χ2n) is 2.77.